The molecule has 2 rings (SSSR count). The summed E-state index contributed by atoms with van der Waals surface area (Å²) in [7, 11) is 0. The van der Waals surface area contributed by atoms with Gasteiger partial charge < -0.3 is 10.4 Å². The molecule has 2 aromatic rings. The topological polar surface area (TPSA) is 82.2 Å². The van der Waals surface area contributed by atoms with Gasteiger partial charge in [0.15, 0.2) is 5.88 Å². The molecule has 0 aliphatic carbocycles. The van der Waals surface area contributed by atoms with E-state index < -0.39 is 11.5 Å². The zero-order valence-corrected chi connectivity index (χ0v) is 10.5. The van der Waals surface area contributed by atoms with Crippen molar-refractivity contribution in [3.8, 4) is 5.88 Å². The number of benzene rings is 1. The molecule has 3 N–H and O–H groups in total. The van der Waals surface area contributed by atoms with Gasteiger partial charge in [0.05, 0.1) is 5.56 Å². The van der Waals surface area contributed by atoms with E-state index in [2.05, 4.69) is 10.3 Å². The second-order valence-corrected chi connectivity index (χ2v) is 4.25. The van der Waals surface area contributed by atoms with Crippen LogP contribution in [-0.4, -0.2) is 22.5 Å². The van der Waals surface area contributed by atoms with Crippen LogP contribution < -0.4 is 10.9 Å². The molecule has 0 spiro atoms. The molecule has 0 aliphatic rings. The number of carbonyl (C=O) groups excluding carboxylic acids is 1. The lowest BCUT2D eigenvalue weighted by atomic mass is 10.1. The zero-order chi connectivity index (χ0) is 14.5. The second kappa shape index (κ2) is 6.01. The number of hydrogen-bond donors (Lipinski definition) is 3. The molecule has 0 bridgehead atoms. The van der Waals surface area contributed by atoms with Crippen molar-refractivity contribution in [2.24, 2.45) is 0 Å². The first-order valence-electron chi connectivity index (χ1n) is 6.00. The standard InChI is InChI=1S/C14H13FN2O3/c15-11-3-1-9(2-4-11)5-6-16-14(20)10-7-12(18)17-13(19)8-10/h1-4,7-8H,5-6H2,(H,16,20)(H2,17,18,19). The van der Waals surface area contributed by atoms with Crippen molar-refractivity contribution in [3.63, 3.8) is 0 Å². The highest BCUT2D eigenvalue weighted by Crippen LogP contribution is 2.05. The number of pyridine rings is 1. The van der Waals surface area contributed by atoms with Crippen molar-refractivity contribution >= 4 is 5.91 Å². The van der Waals surface area contributed by atoms with Gasteiger partial charge in [-0.3, -0.25) is 14.6 Å². The Morgan fingerprint density at radius 3 is 2.60 bits per heavy atom. The summed E-state index contributed by atoms with van der Waals surface area (Å²) in [5.41, 5.74) is 0.430. The first kappa shape index (κ1) is 13.8. The summed E-state index contributed by atoms with van der Waals surface area (Å²) in [4.78, 5) is 25.0. The predicted octanol–water partition coefficient (Wildman–Crippen LogP) is 1.19. The van der Waals surface area contributed by atoms with Crippen molar-refractivity contribution in [2.45, 2.75) is 6.42 Å². The summed E-state index contributed by atoms with van der Waals surface area (Å²) in [5, 5.41) is 11.8. The van der Waals surface area contributed by atoms with Crippen LogP contribution in [0.3, 0.4) is 0 Å². The fraction of sp³-hybridized carbons (Fsp3) is 0.143. The Morgan fingerprint density at radius 2 is 1.95 bits per heavy atom. The van der Waals surface area contributed by atoms with Crippen molar-refractivity contribution in [1.29, 1.82) is 0 Å². The summed E-state index contributed by atoms with van der Waals surface area (Å²) in [6.07, 6.45) is 0.543. The first-order valence-corrected chi connectivity index (χ1v) is 6.00. The molecule has 0 saturated carbocycles. The summed E-state index contributed by atoms with van der Waals surface area (Å²) in [6.45, 7) is 0.345. The molecule has 0 atom stereocenters. The summed E-state index contributed by atoms with van der Waals surface area (Å²) >= 11 is 0. The molecule has 20 heavy (non-hydrogen) atoms. The van der Waals surface area contributed by atoms with Crippen LogP contribution in [0.5, 0.6) is 5.88 Å². The number of H-pyrrole nitrogens is 1. The first-order chi connectivity index (χ1) is 9.54. The number of nitrogens with one attached hydrogen (secondary N) is 2. The van der Waals surface area contributed by atoms with Crippen molar-refractivity contribution in [1.82, 2.24) is 10.3 Å². The van der Waals surface area contributed by atoms with E-state index in [1.165, 1.54) is 18.2 Å². The summed E-state index contributed by atoms with van der Waals surface area (Å²) in [6, 6.07) is 8.26. The largest absolute Gasteiger partial charge is 0.494 e. The van der Waals surface area contributed by atoms with Crippen molar-refractivity contribution in [2.75, 3.05) is 6.54 Å². The Labute approximate surface area is 114 Å². The van der Waals surface area contributed by atoms with E-state index in [1.807, 2.05) is 0 Å². The molecule has 0 saturated heterocycles. The van der Waals surface area contributed by atoms with Crippen LogP contribution in [0.2, 0.25) is 0 Å². The van der Waals surface area contributed by atoms with Gasteiger partial charge in [0.25, 0.3) is 11.5 Å². The predicted molar refractivity (Wildman–Crippen MR) is 71.2 cm³/mol. The molecule has 0 unspecified atom stereocenters. The zero-order valence-electron chi connectivity index (χ0n) is 10.5. The van der Waals surface area contributed by atoms with E-state index in [0.717, 1.165) is 11.6 Å². The minimum Gasteiger partial charge on any atom is -0.494 e. The molecular formula is C14H13FN2O3. The number of aromatic hydroxyl groups is 1. The van der Waals surface area contributed by atoms with Gasteiger partial charge in [-0.15, -0.1) is 0 Å². The molecule has 1 amide bonds. The van der Waals surface area contributed by atoms with Crippen LogP contribution in [0.25, 0.3) is 0 Å². The fourth-order valence-corrected chi connectivity index (χ4v) is 1.73. The van der Waals surface area contributed by atoms with Gasteiger partial charge in [-0.25, -0.2) is 4.39 Å². The Hall–Kier alpha value is -2.63. The molecule has 0 aliphatic heterocycles. The number of carbonyl (C=O) groups is 1. The Bertz CT molecular complexity index is 665. The highest BCUT2D eigenvalue weighted by Gasteiger charge is 2.07. The minimum atomic E-state index is -0.548. The van der Waals surface area contributed by atoms with E-state index in [1.54, 1.807) is 12.1 Å². The van der Waals surface area contributed by atoms with Gasteiger partial charge >= 0.3 is 0 Å². The quantitative estimate of drug-likeness (QED) is 0.784. The lowest BCUT2D eigenvalue weighted by Crippen LogP contribution is -2.26. The number of hydrogen-bond acceptors (Lipinski definition) is 3. The van der Waals surface area contributed by atoms with E-state index in [0.29, 0.717) is 13.0 Å². The second-order valence-electron chi connectivity index (χ2n) is 4.25. The lowest BCUT2D eigenvalue weighted by Gasteiger charge is -2.05. The maximum Gasteiger partial charge on any atom is 0.251 e. The highest BCUT2D eigenvalue weighted by atomic mass is 19.1. The van der Waals surface area contributed by atoms with Crippen LogP contribution >= 0.6 is 0 Å². The molecule has 104 valence electrons. The third kappa shape index (κ3) is 3.68. The average Bonchev–Trinajstić information content (AvgIpc) is 2.40. The van der Waals surface area contributed by atoms with E-state index in [4.69, 9.17) is 0 Å². The lowest BCUT2D eigenvalue weighted by molar-refractivity contribution is 0.0953. The van der Waals surface area contributed by atoms with Crippen LogP contribution in [0.1, 0.15) is 15.9 Å². The number of amides is 1. The van der Waals surface area contributed by atoms with E-state index in [9.17, 15) is 19.1 Å². The third-order valence-electron chi connectivity index (χ3n) is 2.70. The number of halogens is 1. The average molecular weight is 276 g/mol. The molecule has 1 aromatic carbocycles. The van der Waals surface area contributed by atoms with Crippen molar-refractivity contribution < 1.29 is 14.3 Å². The van der Waals surface area contributed by atoms with E-state index >= 15 is 0 Å². The molecule has 1 aromatic heterocycles. The van der Waals surface area contributed by atoms with Crippen LogP contribution in [0.15, 0.2) is 41.2 Å². The van der Waals surface area contributed by atoms with Gasteiger partial charge in [-0.2, -0.15) is 0 Å². The number of rotatable bonds is 4. The third-order valence-corrected chi connectivity index (χ3v) is 2.70. The van der Waals surface area contributed by atoms with Crippen LogP contribution in [0, 0.1) is 5.82 Å². The van der Waals surface area contributed by atoms with Gasteiger partial charge in [0, 0.05) is 18.7 Å². The summed E-state index contributed by atoms with van der Waals surface area (Å²) in [5.74, 6) is -1.12. The van der Waals surface area contributed by atoms with Gasteiger partial charge in [0.1, 0.15) is 5.82 Å². The SMILES string of the molecule is O=C(NCCc1ccc(F)cc1)c1cc(O)[nH]c(=O)c1. The maximum atomic E-state index is 12.7. The van der Waals surface area contributed by atoms with Crippen LogP contribution in [0.4, 0.5) is 4.39 Å². The molecule has 0 fully saturated rings. The molecule has 5 nitrogen and oxygen atoms in total. The summed E-state index contributed by atoms with van der Waals surface area (Å²) < 4.78 is 12.7. The Balaban J connectivity index is 1.92. The molecular weight excluding hydrogens is 263 g/mol. The molecule has 1 heterocycles. The Kier molecular flexibility index (Phi) is 4.14. The van der Waals surface area contributed by atoms with Gasteiger partial charge in [0.2, 0.25) is 0 Å². The van der Waals surface area contributed by atoms with Gasteiger partial charge in [-0.1, -0.05) is 12.1 Å². The highest BCUT2D eigenvalue weighted by molar-refractivity contribution is 5.94. The van der Waals surface area contributed by atoms with Crippen LogP contribution in [-0.2, 0) is 6.42 Å². The monoisotopic (exact) mass is 276 g/mol. The van der Waals surface area contributed by atoms with Gasteiger partial charge in [-0.05, 0) is 24.1 Å². The maximum absolute atomic E-state index is 12.7. The normalized spacial score (nSPS) is 10.2. The van der Waals surface area contributed by atoms with E-state index in [-0.39, 0.29) is 17.3 Å². The minimum absolute atomic E-state index is 0.0883. The smallest absolute Gasteiger partial charge is 0.251 e. The molecule has 0 radical (unpaired) electrons. The molecule has 6 heteroatoms. The Morgan fingerprint density at radius 1 is 1.25 bits per heavy atom. The number of aromatic nitrogens is 1. The number of aromatic amines is 1. The fourth-order valence-electron chi connectivity index (χ4n) is 1.73. The van der Waals surface area contributed by atoms with Crippen molar-refractivity contribution in [3.05, 3.63) is 63.7 Å².